The van der Waals surface area contributed by atoms with Gasteiger partial charge in [0.1, 0.15) is 5.78 Å². The van der Waals surface area contributed by atoms with E-state index in [4.69, 9.17) is 0 Å². The fraction of sp³-hybridized carbons (Fsp3) is 0.938. The Morgan fingerprint density at radius 1 is 0.941 bits per heavy atom. The highest BCUT2D eigenvalue weighted by atomic mass is 16.1. The summed E-state index contributed by atoms with van der Waals surface area (Å²) in [6.45, 7) is 2.22. The number of rotatable bonds is 5. The van der Waals surface area contributed by atoms with E-state index in [2.05, 4.69) is 6.92 Å². The summed E-state index contributed by atoms with van der Waals surface area (Å²) in [4.78, 5) is 12.4. The van der Waals surface area contributed by atoms with Gasteiger partial charge in [0.15, 0.2) is 0 Å². The Hall–Kier alpha value is -0.330. The van der Waals surface area contributed by atoms with Crippen LogP contribution in [0.3, 0.4) is 0 Å². The van der Waals surface area contributed by atoms with E-state index in [1.165, 1.54) is 44.9 Å². The van der Waals surface area contributed by atoms with Gasteiger partial charge >= 0.3 is 0 Å². The minimum atomic E-state index is 0.486. The third kappa shape index (κ3) is 2.18. The van der Waals surface area contributed by atoms with E-state index >= 15 is 0 Å². The summed E-state index contributed by atoms with van der Waals surface area (Å²) in [5, 5.41) is 0. The van der Waals surface area contributed by atoms with Crippen LogP contribution in [0.4, 0.5) is 0 Å². The Labute approximate surface area is 105 Å². The van der Waals surface area contributed by atoms with Crippen molar-refractivity contribution in [3.8, 4) is 0 Å². The second-order valence-electron chi connectivity index (χ2n) is 6.88. The molecule has 4 rings (SSSR count). The maximum absolute atomic E-state index is 12.4. The molecular weight excluding hydrogens is 208 g/mol. The molecule has 4 aliphatic rings. The molecule has 0 atom stereocenters. The molecule has 4 bridgehead atoms. The molecule has 1 heteroatoms. The van der Waals surface area contributed by atoms with Gasteiger partial charge in [0.05, 0.1) is 0 Å². The van der Waals surface area contributed by atoms with Crippen LogP contribution < -0.4 is 0 Å². The van der Waals surface area contributed by atoms with Crippen LogP contribution in [0.25, 0.3) is 0 Å². The number of Topliss-reactive ketones (excluding diaryl/α,β-unsaturated/α-hetero) is 1. The Bertz CT molecular complexity index is 266. The highest BCUT2D eigenvalue weighted by Gasteiger charge is 2.50. The Morgan fingerprint density at radius 3 is 2.06 bits per heavy atom. The highest BCUT2D eigenvalue weighted by molar-refractivity contribution is 5.81. The molecule has 4 saturated carbocycles. The first-order valence-corrected chi connectivity index (χ1v) is 7.80. The summed E-state index contributed by atoms with van der Waals surface area (Å²) < 4.78 is 0. The molecular formula is C16H26O. The molecule has 0 spiro atoms. The van der Waals surface area contributed by atoms with Gasteiger partial charge in [-0.1, -0.05) is 19.8 Å². The fourth-order valence-corrected chi connectivity index (χ4v) is 5.17. The van der Waals surface area contributed by atoms with Gasteiger partial charge in [0, 0.05) is 12.3 Å². The summed E-state index contributed by atoms with van der Waals surface area (Å²) >= 11 is 0. The number of carbonyl (C=O) groups excluding carboxylic acids is 1. The summed E-state index contributed by atoms with van der Waals surface area (Å²) in [6, 6.07) is 0. The molecule has 1 nitrogen and oxygen atoms in total. The van der Waals surface area contributed by atoms with Crippen LogP contribution in [-0.2, 0) is 4.79 Å². The van der Waals surface area contributed by atoms with Crippen molar-refractivity contribution in [1.29, 1.82) is 0 Å². The largest absolute Gasteiger partial charge is 0.299 e. The Morgan fingerprint density at radius 2 is 1.53 bits per heavy atom. The van der Waals surface area contributed by atoms with Crippen LogP contribution in [0.1, 0.15) is 64.7 Å². The maximum Gasteiger partial charge on any atom is 0.136 e. The molecule has 0 aromatic carbocycles. The van der Waals surface area contributed by atoms with E-state index < -0.39 is 0 Å². The topological polar surface area (TPSA) is 17.1 Å². The predicted octanol–water partition coefficient (Wildman–Crippen LogP) is 4.21. The van der Waals surface area contributed by atoms with Crippen LogP contribution in [-0.4, -0.2) is 5.78 Å². The summed E-state index contributed by atoms with van der Waals surface area (Å²) in [5.41, 5.74) is 0. The zero-order valence-electron chi connectivity index (χ0n) is 11.2. The molecule has 0 N–H and O–H groups in total. The summed E-state index contributed by atoms with van der Waals surface area (Å²) in [7, 11) is 0. The van der Waals surface area contributed by atoms with Gasteiger partial charge in [-0.15, -0.1) is 0 Å². The number of unbranched alkanes of at least 4 members (excludes halogenated alkanes) is 2. The lowest BCUT2D eigenvalue weighted by atomic mass is 9.51. The molecule has 0 aliphatic heterocycles. The van der Waals surface area contributed by atoms with Crippen LogP contribution in [0.2, 0.25) is 0 Å². The van der Waals surface area contributed by atoms with Crippen molar-refractivity contribution >= 4 is 5.78 Å². The van der Waals surface area contributed by atoms with Crippen LogP contribution >= 0.6 is 0 Å². The molecule has 4 aliphatic carbocycles. The van der Waals surface area contributed by atoms with Gasteiger partial charge in [0.25, 0.3) is 0 Å². The zero-order chi connectivity index (χ0) is 11.8. The first kappa shape index (κ1) is 11.7. The van der Waals surface area contributed by atoms with Crippen LogP contribution in [0.5, 0.6) is 0 Å². The smallest absolute Gasteiger partial charge is 0.136 e. The van der Waals surface area contributed by atoms with Gasteiger partial charge in [-0.2, -0.15) is 0 Å². The average molecular weight is 234 g/mol. The van der Waals surface area contributed by atoms with E-state index in [0.717, 1.165) is 36.5 Å². The lowest BCUT2D eigenvalue weighted by Crippen LogP contribution is -2.47. The standard InChI is InChI=1S/C16H26O/c1-2-3-4-5-15(17)16-13-7-11-6-12(9-13)10-14(16)8-11/h11-14,16H,2-10H2,1H3. The minimum Gasteiger partial charge on any atom is -0.299 e. The third-order valence-electron chi connectivity index (χ3n) is 5.63. The number of hydrogen-bond acceptors (Lipinski definition) is 1. The van der Waals surface area contributed by atoms with Gasteiger partial charge in [-0.05, 0) is 62.2 Å². The average Bonchev–Trinajstić information content (AvgIpc) is 2.27. The van der Waals surface area contributed by atoms with Crippen LogP contribution in [0.15, 0.2) is 0 Å². The molecule has 0 unspecified atom stereocenters. The Kier molecular flexibility index (Phi) is 3.28. The van der Waals surface area contributed by atoms with E-state index in [0.29, 0.717) is 11.7 Å². The van der Waals surface area contributed by atoms with E-state index in [1.54, 1.807) is 0 Å². The van der Waals surface area contributed by atoms with Crippen molar-refractivity contribution in [2.24, 2.45) is 29.6 Å². The van der Waals surface area contributed by atoms with E-state index in [9.17, 15) is 4.79 Å². The fourth-order valence-electron chi connectivity index (χ4n) is 5.17. The minimum absolute atomic E-state index is 0.486. The van der Waals surface area contributed by atoms with E-state index in [-0.39, 0.29) is 0 Å². The normalized spacial score (nSPS) is 43.0. The Balaban J connectivity index is 1.61. The quantitative estimate of drug-likeness (QED) is 0.651. The van der Waals surface area contributed by atoms with Crippen molar-refractivity contribution in [3.63, 3.8) is 0 Å². The van der Waals surface area contributed by atoms with E-state index in [1.807, 2.05) is 0 Å². The summed E-state index contributed by atoms with van der Waals surface area (Å²) in [6.07, 6.45) is 11.5. The molecule has 96 valence electrons. The molecule has 0 amide bonds. The monoisotopic (exact) mass is 234 g/mol. The van der Waals surface area contributed by atoms with Crippen LogP contribution in [0, 0.1) is 29.6 Å². The molecule has 0 heterocycles. The predicted molar refractivity (Wildman–Crippen MR) is 69.7 cm³/mol. The van der Waals surface area contributed by atoms with Crippen molar-refractivity contribution in [2.75, 3.05) is 0 Å². The molecule has 0 aromatic rings. The van der Waals surface area contributed by atoms with Crippen molar-refractivity contribution in [2.45, 2.75) is 64.7 Å². The first-order chi connectivity index (χ1) is 8.28. The lowest BCUT2D eigenvalue weighted by Gasteiger charge is -2.53. The number of ketones is 1. The maximum atomic E-state index is 12.4. The molecule has 0 aromatic heterocycles. The second kappa shape index (κ2) is 4.74. The zero-order valence-corrected chi connectivity index (χ0v) is 11.2. The number of carbonyl (C=O) groups is 1. The highest BCUT2D eigenvalue weighted by Crippen LogP contribution is 2.56. The lowest BCUT2D eigenvalue weighted by molar-refractivity contribution is -0.136. The van der Waals surface area contributed by atoms with Crippen molar-refractivity contribution < 1.29 is 4.79 Å². The van der Waals surface area contributed by atoms with Gasteiger partial charge in [-0.25, -0.2) is 0 Å². The number of hydrogen-bond donors (Lipinski definition) is 0. The summed E-state index contributed by atoms with van der Waals surface area (Å²) in [5.74, 6) is 4.70. The SMILES string of the molecule is CCCCCC(=O)C1C2CC3CC(C2)CC1C3. The molecule has 0 radical (unpaired) electrons. The molecule has 17 heavy (non-hydrogen) atoms. The van der Waals surface area contributed by atoms with Crippen molar-refractivity contribution in [3.05, 3.63) is 0 Å². The van der Waals surface area contributed by atoms with Crippen molar-refractivity contribution in [1.82, 2.24) is 0 Å². The van der Waals surface area contributed by atoms with Gasteiger partial charge < -0.3 is 0 Å². The first-order valence-electron chi connectivity index (χ1n) is 7.80. The third-order valence-corrected chi connectivity index (χ3v) is 5.63. The molecule has 0 saturated heterocycles. The second-order valence-corrected chi connectivity index (χ2v) is 6.88. The van der Waals surface area contributed by atoms with Gasteiger partial charge in [-0.3, -0.25) is 4.79 Å². The van der Waals surface area contributed by atoms with Gasteiger partial charge in [0.2, 0.25) is 0 Å². The molecule has 4 fully saturated rings.